The number of fused-ring (bicyclic) bond motifs is 3. The number of rotatable bonds is 4. The van der Waals surface area contributed by atoms with Gasteiger partial charge in [0.1, 0.15) is 11.5 Å². The third-order valence-electron chi connectivity index (χ3n) is 6.10. The molecule has 0 fully saturated rings. The summed E-state index contributed by atoms with van der Waals surface area (Å²) in [7, 11) is 2.46. The molecule has 0 saturated heterocycles. The van der Waals surface area contributed by atoms with Crippen molar-refractivity contribution >= 4 is 40.2 Å². The third-order valence-corrected chi connectivity index (χ3v) is 7.20. The predicted molar refractivity (Wildman–Crippen MR) is 131 cm³/mol. The van der Waals surface area contributed by atoms with Crippen molar-refractivity contribution in [3.8, 4) is 6.07 Å². The molecule has 35 heavy (non-hydrogen) atoms. The summed E-state index contributed by atoms with van der Waals surface area (Å²) >= 11 is 1.57. The van der Waals surface area contributed by atoms with Crippen molar-refractivity contribution in [2.75, 3.05) is 37.1 Å². The lowest BCUT2D eigenvalue weighted by Gasteiger charge is -2.36. The Morgan fingerprint density at radius 3 is 2.57 bits per heavy atom. The van der Waals surface area contributed by atoms with Gasteiger partial charge < -0.3 is 20.1 Å². The SMILES string of the molecule is COC(=O)C1=C(C(=O)OC)N(c2ccc3c(c2)N2CCN=C2S3)C(N)=C(C#N)C1c1ccccc1. The van der Waals surface area contributed by atoms with Crippen LogP contribution in [-0.2, 0) is 19.1 Å². The number of esters is 2. The first kappa shape index (κ1) is 22.6. The van der Waals surface area contributed by atoms with Gasteiger partial charge in [-0.25, -0.2) is 9.59 Å². The highest BCUT2D eigenvalue weighted by atomic mass is 32.2. The van der Waals surface area contributed by atoms with Crippen LogP contribution in [0.5, 0.6) is 0 Å². The van der Waals surface area contributed by atoms with E-state index in [4.69, 9.17) is 15.2 Å². The summed E-state index contributed by atoms with van der Waals surface area (Å²) in [6.07, 6.45) is 0. The highest BCUT2D eigenvalue weighted by Gasteiger charge is 2.43. The van der Waals surface area contributed by atoms with Gasteiger partial charge in [-0.15, -0.1) is 0 Å². The van der Waals surface area contributed by atoms with Crippen molar-refractivity contribution in [2.45, 2.75) is 10.8 Å². The van der Waals surface area contributed by atoms with Gasteiger partial charge in [0.05, 0.1) is 49.6 Å². The first-order valence-corrected chi connectivity index (χ1v) is 11.6. The van der Waals surface area contributed by atoms with E-state index in [2.05, 4.69) is 16.0 Å². The first-order valence-electron chi connectivity index (χ1n) is 10.8. The lowest BCUT2D eigenvalue weighted by molar-refractivity contribution is -0.139. The molecule has 2 N–H and O–H groups in total. The first-order chi connectivity index (χ1) is 17.0. The molecule has 0 aromatic heterocycles. The molecule has 0 aliphatic carbocycles. The van der Waals surface area contributed by atoms with E-state index in [1.54, 1.807) is 42.1 Å². The second kappa shape index (κ2) is 8.85. The average Bonchev–Trinajstić information content (AvgIpc) is 3.49. The Morgan fingerprint density at radius 2 is 1.89 bits per heavy atom. The number of amidine groups is 1. The van der Waals surface area contributed by atoms with Crippen LogP contribution in [0.15, 0.2) is 81.1 Å². The Kier molecular flexibility index (Phi) is 5.70. The van der Waals surface area contributed by atoms with E-state index in [0.29, 0.717) is 17.8 Å². The number of ether oxygens (including phenoxy) is 2. The Labute approximate surface area is 206 Å². The van der Waals surface area contributed by atoms with Crippen LogP contribution in [-0.4, -0.2) is 44.4 Å². The van der Waals surface area contributed by atoms with Gasteiger partial charge in [-0.05, 0) is 35.5 Å². The minimum atomic E-state index is -0.902. The monoisotopic (exact) mass is 487 g/mol. The molecule has 0 radical (unpaired) electrons. The normalized spacial score (nSPS) is 18.7. The summed E-state index contributed by atoms with van der Waals surface area (Å²) in [6, 6.07) is 16.7. The Hall–Kier alpha value is -4.23. The maximum absolute atomic E-state index is 13.2. The molecule has 2 aromatic carbocycles. The van der Waals surface area contributed by atoms with Crippen molar-refractivity contribution < 1.29 is 19.1 Å². The zero-order valence-corrected chi connectivity index (χ0v) is 19.8. The number of thioether (sulfide) groups is 1. The quantitative estimate of drug-likeness (QED) is 0.649. The molecule has 3 aliphatic rings. The van der Waals surface area contributed by atoms with Crippen LogP contribution in [0.3, 0.4) is 0 Å². The molecule has 9 nitrogen and oxygen atoms in total. The van der Waals surface area contributed by atoms with Crippen LogP contribution < -0.4 is 15.5 Å². The van der Waals surface area contributed by atoms with E-state index in [9.17, 15) is 14.9 Å². The fourth-order valence-electron chi connectivity index (χ4n) is 4.56. The Morgan fingerprint density at radius 1 is 1.14 bits per heavy atom. The number of aliphatic imine (C=N–C) groups is 1. The summed E-state index contributed by atoms with van der Waals surface area (Å²) in [4.78, 5) is 35.4. The number of methoxy groups -OCH3 is 2. The summed E-state index contributed by atoms with van der Waals surface area (Å²) in [5.74, 6) is -2.39. The molecule has 3 aliphatic heterocycles. The van der Waals surface area contributed by atoms with Crippen molar-refractivity contribution in [2.24, 2.45) is 10.7 Å². The molecule has 0 saturated carbocycles. The van der Waals surface area contributed by atoms with E-state index in [1.807, 2.05) is 18.2 Å². The number of allylic oxidation sites excluding steroid dienone is 1. The standard InChI is InChI=1S/C25H21N5O4S/c1-33-23(31)20-19(14-6-4-3-5-7-14)16(13-26)22(27)30(21(20)24(32)34-2)15-8-9-18-17(12-15)29-11-10-28-25(29)35-18/h3-9,12,19H,10-11,27H2,1-2H3. The minimum absolute atomic E-state index is 0.0189. The van der Waals surface area contributed by atoms with Crippen LogP contribution in [0.4, 0.5) is 11.4 Å². The van der Waals surface area contributed by atoms with Gasteiger partial charge in [0.25, 0.3) is 0 Å². The topological polar surface area (TPSA) is 121 Å². The molecular formula is C25H21N5O4S. The molecule has 2 aromatic rings. The van der Waals surface area contributed by atoms with Gasteiger partial charge in [-0.1, -0.05) is 30.3 Å². The average molecular weight is 488 g/mol. The van der Waals surface area contributed by atoms with E-state index in [1.165, 1.54) is 19.1 Å². The zero-order chi connectivity index (χ0) is 24.7. The van der Waals surface area contributed by atoms with Crippen LogP contribution in [0.2, 0.25) is 0 Å². The van der Waals surface area contributed by atoms with Crippen molar-refractivity contribution in [3.63, 3.8) is 0 Å². The number of benzene rings is 2. The van der Waals surface area contributed by atoms with Crippen LogP contribution in [0, 0.1) is 11.3 Å². The molecule has 5 rings (SSSR count). The fourth-order valence-corrected chi connectivity index (χ4v) is 5.62. The number of nitrogens with two attached hydrogens (primary N) is 1. The van der Waals surface area contributed by atoms with Crippen LogP contribution in [0.1, 0.15) is 11.5 Å². The van der Waals surface area contributed by atoms with Gasteiger partial charge in [0.2, 0.25) is 0 Å². The van der Waals surface area contributed by atoms with E-state index in [-0.39, 0.29) is 22.7 Å². The largest absolute Gasteiger partial charge is 0.466 e. The number of hydrogen-bond acceptors (Lipinski definition) is 10. The number of nitriles is 1. The van der Waals surface area contributed by atoms with Crippen molar-refractivity contribution in [3.05, 3.63) is 76.8 Å². The Bertz CT molecular complexity index is 1380. The number of carbonyl (C=O) groups is 2. The minimum Gasteiger partial charge on any atom is -0.466 e. The van der Waals surface area contributed by atoms with E-state index < -0.39 is 17.9 Å². The molecule has 1 atom stereocenters. The van der Waals surface area contributed by atoms with Gasteiger partial charge in [-0.3, -0.25) is 9.89 Å². The van der Waals surface area contributed by atoms with Crippen LogP contribution in [0.25, 0.3) is 0 Å². The molecule has 3 heterocycles. The van der Waals surface area contributed by atoms with E-state index >= 15 is 0 Å². The summed E-state index contributed by atoms with van der Waals surface area (Å²) in [5.41, 5.74) is 8.65. The van der Waals surface area contributed by atoms with Gasteiger partial charge >= 0.3 is 11.9 Å². The second-order valence-corrected chi connectivity index (χ2v) is 8.91. The van der Waals surface area contributed by atoms with Gasteiger partial charge in [0.15, 0.2) is 5.17 Å². The lowest BCUT2D eigenvalue weighted by Crippen LogP contribution is -2.40. The summed E-state index contributed by atoms with van der Waals surface area (Å²) in [6.45, 7) is 1.45. The smallest absolute Gasteiger partial charge is 0.355 e. The van der Waals surface area contributed by atoms with Gasteiger partial charge in [-0.2, -0.15) is 5.26 Å². The molecule has 0 spiro atoms. The fraction of sp³-hybridized carbons (Fsp3) is 0.200. The van der Waals surface area contributed by atoms with Crippen LogP contribution >= 0.6 is 11.8 Å². The highest BCUT2D eigenvalue weighted by Crippen LogP contribution is 2.47. The Balaban J connectivity index is 1.76. The molecule has 10 heteroatoms. The summed E-state index contributed by atoms with van der Waals surface area (Å²) < 4.78 is 10.2. The second-order valence-electron chi connectivity index (χ2n) is 7.91. The lowest BCUT2D eigenvalue weighted by atomic mass is 9.81. The molecule has 0 bridgehead atoms. The number of anilines is 2. The zero-order valence-electron chi connectivity index (χ0n) is 19.0. The number of carbonyl (C=O) groups excluding carboxylic acids is 2. The number of hydrogen-bond donors (Lipinski definition) is 1. The molecule has 1 unspecified atom stereocenters. The molecule has 0 amide bonds. The highest BCUT2D eigenvalue weighted by molar-refractivity contribution is 8.14. The maximum atomic E-state index is 13.2. The number of nitrogens with zero attached hydrogens (tertiary/aromatic N) is 4. The van der Waals surface area contributed by atoms with Gasteiger partial charge in [0, 0.05) is 17.1 Å². The van der Waals surface area contributed by atoms with E-state index in [0.717, 1.165) is 22.3 Å². The van der Waals surface area contributed by atoms with Crippen molar-refractivity contribution in [1.29, 1.82) is 5.26 Å². The summed E-state index contributed by atoms with van der Waals surface area (Å²) in [5, 5.41) is 11.1. The third kappa shape index (κ3) is 3.52. The maximum Gasteiger partial charge on any atom is 0.355 e. The predicted octanol–water partition coefficient (Wildman–Crippen LogP) is 2.87. The molecular weight excluding hydrogens is 466 g/mol. The van der Waals surface area contributed by atoms with Crippen molar-refractivity contribution in [1.82, 2.24) is 0 Å². The molecule has 176 valence electrons.